The Kier molecular flexibility index (Phi) is 2.31. The van der Waals surface area contributed by atoms with E-state index in [4.69, 9.17) is 23.2 Å². The molecule has 0 saturated heterocycles. The molecule has 0 fully saturated rings. The van der Waals surface area contributed by atoms with Crippen molar-refractivity contribution in [2.45, 2.75) is 0 Å². The fraction of sp³-hybridized carbons (Fsp3) is 0. The molecule has 2 aromatic rings. The van der Waals surface area contributed by atoms with Crippen LogP contribution in [0.3, 0.4) is 0 Å². The van der Waals surface area contributed by atoms with Gasteiger partial charge in [-0.25, -0.2) is 0 Å². The summed E-state index contributed by atoms with van der Waals surface area (Å²) in [6, 6.07) is 4.85. The normalized spacial score (nSPS) is 10.4. The number of rotatable bonds is 1. The van der Waals surface area contributed by atoms with E-state index >= 15 is 0 Å². The van der Waals surface area contributed by atoms with Crippen LogP contribution < -0.4 is 9.79 Å². The molecule has 6 heteroatoms. The van der Waals surface area contributed by atoms with Crippen molar-refractivity contribution in [3.05, 3.63) is 34.4 Å². The van der Waals surface area contributed by atoms with Crippen LogP contribution in [-0.2, 0) is 0 Å². The highest BCUT2D eigenvalue weighted by atomic mass is 35.5. The fourth-order valence-corrected chi connectivity index (χ4v) is 1.51. The van der Waals surface area contributed by atoms with E-state index in [0.29, 0.717) is 15.7 Å². The molecule has 14 heavy (non-hydrogen) atoms. The van der Waals surface area contributed by atoms with Gasteiger partial charge in [0, 0.05) is 11.1 Å². The number of nitrogens with zero attached hydrogens (tertiary/aromatic N) is 2. The predicted molar refractivity (Wildman–Crippen MR) is 47.5 cm³/mol. The summed E-state index contributed by atoms with van der Waals surface area (Å²) in [4.78, 5) is 0. The van der Waals surface area contributed by atoms with Crippen LogP contribution in [0.25, 0.3) is 5.69 Å². The smallest absolute Gasteiger partial charge is 0.257 e. The molecule has 0 aliphatic carbocycles. The lowest BCUT2D eigenvalue weighted by Gasteiger charge is -1.93. The Bertz CT molecular complexity index is 470. The molecule has 1 heterocycles. The second-order valence-electron chi connectivity index (χ2n) is 2.56. The van der Waals surface area contributed by atoms with Crippen molar-refractivity contribution >= 4 is 23.2 Å². The first kappa shape index (κ1) is 9.30. The van der Waals surface area contributed by atoms with Crippen molar-refractivity contribution in [3.8, 4) is 11.6 Å². The van der Waals surface area contributed by atoms with E-state index in [-0.39, 0.29) is 0 Å². The molecule has 0 spiro atoms. The molecule has 0 radical (unpaired) electrons. The maximum atomic E-state index is 10.7. The van der Waals surface area contributed by atoms with Crippen LogP contribution in [0.2, 0.25) is 10.0 Å². The van der Waals surface area contributed by atoms with Crippen molar-refractivity contribution < 1.29 is 14.3 Å². The molecule has 0 atom stereocenters. The maximum absolute atomic E-state index is 10.7. The molecule has 0 saturated carbocycles. The Balaban J connectivity index is 2.52. The average Bonchev–Trinajstić information content (AvgIpc) is 2.51. The van der Waals surface area contributed by atoms with Crippen LogP contribution in [-0.4, -0.2) is 5.27 Å². The Hall–Kier alpha value is -1.26. The third-order valence-corrected chi connectivity index (χ3v) is 2.14. The van der Waals surface area contributed by atoms with E-state index in [0.717, 1.165) is 0 Å². The lowest BCUT2D eigenvalue weighted by atomic mass is 10.3. The molecule has 0 amide bonds. The van der Waals surface area contributed by atoms with Crippen molar-refractivity contribution in [1.82, 2.24) is 5.27 Å². The lowest BCUT2D eigenvalue weighted by molar-refractivity contribution is -0.670. The minimum absolute atomic E-state index is 0.399. The molecule has 1 aromatic carbocycles. The van der Waals surface area contributed by atoms with Gasteiger partial charge in [-0.2, -0.15) is 0 Å². The maximum Gasteiger partial charge on any atom is 0.257 e. The number of hydrogen-bond acceptors (Lipinski definition) is 3. The Morgan fingerprint density at radius 2 is 2.14 bits per heavy atom. The van der Waals surface area contributed by atoms with Gasteiger partial charge in [-0.15, -0.1) is 0 Å². The molecule has 72 valence electrons. The predicted octanol–water partition coefficient (Wildman–Crippen LogP) is 1.33. The van der Waals surface area contributed by atoms with E-state index < -0.39 is 5.95 Å². The summed E-state index contributed by atoms with van der Waals surface area (Å²) in [6.07, 6.45) is 1.19. The standard InChI is InChI=1S/C8H4Cl2N2O2/c9-5-1-2-7(6(10)3-5)12-4-8(13)14-11-12/h1-4H. The zero-order valence-electron chi connectivity index (χ0n) is 6.78. The van der Waals surface area contributed by atoms with Crippen molar-refractivity contribution in [2.24, 2.45) is 0 Å². The quantitative estimate of drug-likeness (QED) is 0.695. The highest BCUT2D eigenvalue weighted by molar-refractivity contribution is 6.35. The first-order valence-electron chi connectivity index (χ1n) is 3.68. The molecule has 0 N–H and O–H groups in total. The highest BCUT2D eigenvalue weighted by Crippen LogP contribution is 2.20. The van der Waals surface area contributed by atoms with Gasteiger partial charge in [-0.1, -0.05) is 23.2 Å². The monoisotopic (exact) mass is 230 g/mol. The summed E-state index contributed by atoms with van der Waals surface area (Å²) < 4.78 is 5.62. The van der Waals surface area contributed by atoms with E-state index in [1.807, 2.05) is 0 Å². The van der Waals surface area contributed by atoms with Crippen LogP contribution in [0.5, 0.6) is 5.95 Å². The SMILES string of the molecule is [O-]c1c[n+](-c2ccc(Cl)cc2Cl)no1. The summed E-state index contributed by atoms with van der Waals surface area (Å²) in [7, 11) is 0. The molecule has 2 rings (SSSR count). The number of hydrogen-bond donors (Lipinski definition) is 0. The minimum atomic E-state index is -0.531. The molecule has 4 nitrogen and oxygen atoms in total. The minimum Gasteiger partial charge on any atom is -0.539 e. The molecular formula is C8H4Cl2N2O2. The highest BCUT2D eigenvalue weighted by Gasteiger charge is 2.13. The zero-order valence-corrected chi connectivity index (χ0v) is 8.29. The van der Waals surface area contributed by atoms with Gasteiger partial charge in [0.15, 0.2) is 0 Å². The number of benzene rings is 1. The van der Waals surface area contributed by atoms with Crippen LogP contribution >= 0.6 is 23.2 Å². The second kappa shape index (κ2) is 3.48. The lowest BCUT2D eigenvalue weighted by Crippen LogP contribution is -2.31. The Labute approximate surface area is 89.3 Å². The first-order valence-corrected chi connectivity index (χ1v) is 4.43. The van der Waals surface area contributed by atoms with Gasteiger partial charge in [0.25, 0.3) is 5.69 Å². The molecule has 0 aliphatic rings. The van der Waals surface area contributed by atoms with Crippen molar-refractivity contribution in [1.29, 1.82) is 0 Å². The topological polar surface area (TPSA) is 53.0 Å². The summed E-state index contributed by atoms with van der Waals surface area (Å²) in [5.41, 5.74) is 0.543. The van der Waals surface area contributed by atoms with Gasteiger partial charge < -0.3 is 9.63 Å². The molecule has 0 bridgehead atoms. The Morgan fingerprint density at radius 3 is 2.71 bits per heavy atom. The van der Waals surface area contributed by atoms with Crippen LogP contribution in [0.15, 0.2) is 28.9 Å². The van der Waals surface area contributed by atoms with Gasteiger partial charge in [-0.05, 0) is 16.8 Å². The van der Waals surface area contributed by atoms with Crippen molar-refractivity contribution in [2.75, 3.05) is 0 Å². The largest absolute Gasteiger partial charge is 0.539 e. The van der Waals surface area contributed by atoms with Gasteiger partial charge in [0.2, 0.25) is 6.20 Å². The summed E-state index contributed by atoms with van der Waals surface area (Å²) >= 11 is 11.6. The van der Waals surface area contributed by atoms with Crippen molar-refractivity contribution in [3.63, 3.8) is 0 Å². The second-order valence-corrected chi connectivity index (χ2v) is 3.41. The number of aromatic nitrogens is 2. The van der Waals surface area contributed by atoms with E-state index in [1.165, 1.54) is 10.9 Å². The van der Waals surface area contributed by atoms with Crippen LogP contribution in [0.4, 0.5) is 0 Å². The Morgan fingerprint density at radius 1 is 1.36 bits per heavy atom. The molecular weight excluding hydrogens is 227 g/mol. The molecule has 0 unspecified atom stereocenters. The summed E-state index contributed by atoms with van der Waals surface area (Å²) in [5, 5.41) is 15.1. The zero-order chi connectivity index (χ0) is 10.1. The molecule has 0 aliphatic heterocycles. The third kappa shape index (κ3) is 1.66. The van der Waals surface area contributed by atoms with Crippen LogP contribution in [0, 0.1) is 0 Å². The van der Waals surface area contributed by atoms with Crippen LogP contribution in [0.1, 0.15) is 0 Å². The number of halogens is 2. The van der Waals surface area contributed by atoms with E-state index in [1.54, 1.807) is 18.2 Å². The van der Waals surface area contributed by atoms with Gasteiger partial charge in [0.05, 0.1) is 5.27 Å². The van der Waals surface area contributed by atoms with Gasteiger partial charge in [-0.3, -0.25) is 0 Å². The summed E-state index contributed by atoms with van der Waals surface area (Å²) in [5.74, 6) is -0.531. The third-order valence-electron chi connectivity index (χ3n) is 1.60. The van der Waals surface area contributed by atoms with E-state index in [2.05, 4.69) is 9.79 Å². The van der Waals surface area contributed by atoms with E-state index in [9.17, 15) is 5.11 Å². The van der Waals surface area contributed by atoms with Gasteiger partial charge >= 0.3 is 0 Å². The fourth-order valence-electron chi connectivity index (χ4n) is 1.01. The van der Waals surface area contributed by atoms with Gasteiger partial charge in [0.1, 0.15) is 11.0 Å². The molecule has 1 aromatic heterocycles. The average molecular weight is 231 g/mol. The summed E-state index contributed by atoms with van der Waals surface area (Å²) in [6.45, 7) is 0. The first-order chi connectivity index (χ1) is 6.66.